The van der Waals surface area contributed by atoms with E-state index in [2.05, 4.69) is 64.6 Å². The Labute approximate surface area is 151 Å². The first kappa shape index (κ1) is 20.7. The molecular formula is C24H38. The third-order valence-electron chi connectivity index (χ3n) is 5.04. The second-order valence-electron chi connectivity index (χ2n) is 7.50. The molecule has 0 saturated carbocycles. The molecule has 0 saturated heterocycles. The topological polar surface area (TPSA) is 0 Å². The molecule has 0 heterocycles. The van der Waals surface area contributed by atoms with Crippen LogP contribution in [0.2, 0.25) is 0 Å². The van der Waals surface area contributed by atoms with Gasteiger partial charge in [-0.15, -0.1) is 6.58 Å². The molecule has 0 aromatic heterocycles. The minimum atomic E-state index is 0.727. The van der Waals surface area contributed by atoms with Gasteiger partial charge < -0.3 is 0 Å². The SMILES string of the molecule is C=C(C)CCC/C(C)=C(\CCCC)C(C)CCCc1ccccc1. The van der Waals surface area contributed by atoms with Crippen molar-refractivity contribution < 1.29 is 0 Å². The number of aryl methyl sites for hydroxylation is 1. The molecule has 1 aromatic carbocycles. The van der Waals surface area contributed by atoms with Gasteiger partial charge in [0.15, 0.2) is 0 Å². The smallest absolute Gasteiger partial charge is 0.0229 e. The first-order valence-electron chi connectivity index (χ1n) is 9.91. The highest BCUT2D eigenvalue weighted by Gasteiger charge is 2.12. The van der Waals surface area contributed by atoms with Crippen LogP contribution in [0.15, 0.2) is 53.6 Å². The van der Waals surface area contributed by atoms with Crippen molar-refractivity contribution in [3.8, 4) is 0 Å². The molecule has 0 amide bonds. The van der Waals surface area contributed by atoms with E-state index in [1.807, 2.05) is 0 Å². The normalized spacial score (nSPS) is 13.5. The Hall–Kier alpha value is -1.30. The van der Waals surface area contributed by atoms with E-state index in [9.17, 15) is 0 Å². The molecule has 1 unspecified atom stereocenters. The van der Waals surface area contributed by atoms with E-state index in [1.54, 1.807) is 11.1 Å². The van der Waals surface area contributed by atoms with Crippen LogP contribution >= 0.6 is 0 Å². The Balaban J connectivity index is 2.55. The van der Waals surface area contributed by atoms with Crippen molar-refractivity contribution in [2.75, 3.05) is 0 Å². The van der Waals surface area contributed by atoms with Gasteiger partial charge in [-0.05, 0) is 76.7 Å². The highest BCUT2D eigenvalue weighted by molar-refractivity contribution is 5.17. The zero-order valence-electron chi connectivity index (χ0n) is 16.5. The van der Waals surface area contributed by atoms with Crippen LogP contribution in [0.25, 0.3) is 0 Å². The standard InChI is InChI=1S/C24H38/c1-6-7-19-24(21(4)14-11-13-20(2)3)22(5)15-12-18-23-16-9-8-10-17-23/h8-10,16-17,22H,2,6-7,11-15,18-19H2,1,3-5H3/b24-21+. The average Bonchev–Trinajstić information content (AvgIpc) is 2.56. The summed E-state index contributed by atoms with van der Waals surface area (Å²) in [6.45, 7) is 13.3. The lowest BCUT2D eigenvalue weighted by atomic mass is 9.86. The van der Waals surface area contributed by atoms with Crippen molar-refractivity contribution >= 4 is 0 Å². The minimum Gasteiger partial charge on any atom is -0.100 e. The second-order valence-corrected chi connectivity index (χ2v) is 7.50. The number of allylic oxidation sites excluding steroid dienone is 3. The molecule has 0 spiro atoms. The fraction of sp³-hybridized carbons (Fsp3) is 0.583. The van der Waals surface area contributed by atoms with Crippen LogP contribution in [0.4, 0.5) is 0 Å². The highest BCUT2D eigenvalue weighted by Crippen LogP contribution is 2.28. The molecule has 0 aliphatic heterocycles. The summed E-state index contributed by atoms with van der Waals surface area (Å²) in [5.74, 6) is 0.727. The number of unbranched alkanes of at least 4 members (excludes halogenated alkanes) is 1. The van der Waals surface area contributed by atoms with Gasteiger partial charge in [-0.3, -0.25) is 0 Å². The van der Waals surface area contributed by atoms with Crippen molar-refractivity contribution in [3.63, 3.8) is 0 Å². The molecular weight excluding hydrogens is 288 g/mol. The van der Waals surface area contributed by atoms with E-state index in [1.165, 1.54) is 68.9 Å². The summed E-state index contributed by atoms with van der Waals surface area (Å²) >= 11 is 0. The summed E-state index contributed by atoms with van der Waals surface area (Å²) in [5, 5.41) is 0. The number of rotatable bonds is 12. The summed E-state index contributed by atoms with van der Waals surface area (Å²) < 4.78 is 0. The highest BCUT2D eigenvalue weighted by atomic mass is 14.2. The zero-order valence-corrected chi connectivity index (χ0v) is 16.5. The van der Waals surface area contributed by atoms with Crippen LogP contribution in [0.3, 0.4) is 0 Å². The fourth-order valence-electron chi connectivity index (χ4n) is 3.49. The van der Waals surface area contributed by atoms with Crippen molar-refractivity contribution in [1.82, 2.24) is 0 Å². The molecule has 1 aromatic rings. The molecule has 1 atom stereocenters. The monoisotopic (exact) mass is 326 g/mol. The Morgan fingerprint density at radius 3 is 2.29 bits per heavy atom. The Bertz CT molecular complexity index is 492. The summed E-state index contributed by atoms with van der Waals surface area (Å²) in [7, 11) is 0. The third-order valence-corrected chi connectivity index (χ3v) is 5.04. The van der Waals surface area contributed by atoms with E-state index in [0.29, 0.717) is 0 Å². The summed E-state index contributed by atoms with van der Waals surface area (Å²) in [5.41, 5.74) is 6.18. The molecule has 0 heteroatoms. The summed E-state index contributed by atoms with van der Waals surface area (Å²) in [6.07, 6.45) is 11.4. The van der Waals surface area contributed by atoms with E-state index < -0.39 is 0 Å². The first-order chi connectivity index (χ1) is 11.5. The zero-order chi connectivity index (χ0) is 17.8. The molecule has 0 nitrogen and oxygen atoms in total. The Morgan fingerprint density at radius 1 is 0.958 bits per heavy atom. The molecule has 0 bridgehead atoms. The van der Waals surface area contributed by atoms with Gasteiger partial charge in [0, 0.05) is 0 Å². The van der Waals surface area contributed by atoms with E-state index in [0.717, 1.165) is 5.92 Å². The van der Waals surface area contributed by atoms with Gasteiger partial charge in [-0.1, -0.05) is 67.3 Å². The average molecular weight is 327 g/mol. The van der Waals surface area contributed by atoms with E-state index in [-0.39, 0.29) is 0 Å². The van der Waals surface area contributed by atoms with Crippen LogP contribution in [-0.4, -0.2) is 0 Å². The molecule has 24 heavy (non-hydrogen) atoms. The minimum absolute atomic E-state index is 0.727. The van der Waals surface area contributed by atoms with Gasteiger partial charge >= 0.3 is 0 Å². The lowest BCUT2D eigenvalue weighted by Gasteiger charge is -2.20. The quantitative estimate of drug-likeness (QED) is 0.342. The first-order valence-corrected chi connectivity index (χ1v) is 9.91. The summed E-state index contributed by atoms with van der Waals surface area (Å²) in [4.78, 5) is 0. The molecule has 0 N–H and O–H groups in total. The number of hydrogen-bond donors (Lipinski definition) is 0. The molecule has 0 radical (unpaired) electrons. The predicted octanol–water partition coefficient (Wildman–Crippen LogP) is 7.90. The third kappa shape index (κ3) is 8.52. The van der Waals surface area contributed by atoms with Crippen LogP contribution in [0.1, 0.15) is 84.6 Å². The fourth-order valence-corrected chi connectivity index (χ4v) is 3.49. The van der Waals surface area contributed by atoms with Crippen LogP contribution < -0.4 is 0 Å². The van der Waals surface area contributed by atoms with Crippen molar-refractivity contribution in [2.45, 2.75) is 85.5 Å². The lowest BCUT2D eigenvalue weighted by molar-refractivity contribution is 0.541. The second kappa shape index (κ2) is 12.1. The number of benzene rings is 1. The van der Waals surface area contributed by atoms with Gasteiger partial charge in [0.2, 0.25) is 0 Å². The lowest BCUT2D eigenvalue weighted by Crippen LogP contribution is -2.04. The van der Waals surface area contributed by atoms with Crippen LogP contribution in [0.5, 0.6) is 0 Å². The van der Waals surface area contributed by atoms with Crippen molar-refractivity contribution in [1.29, 1.82) is 0 Å². The molecule has 1 rings (SSSR count). The Kier molecular flexibility index (Phi) is 10.5. The largest absolute Gasteiger partial charge is 0.100 e. The maximum absolute atomic E-state index is 4.03. The maximum Gasteiger partial charge on any atom is -0.0229 e. The molecule has 0 fully saturated rings. The molecule has 0 aliphatic carbocycles. The summed E-state index contributed by atoms with van der Waals surface area (Å²) in [6, 6.07) is 10.9. The molecule has 0 aliphatic rings. The maximum atomic E-state index is 4.03. The van der Waals surface area contributed by atoms with Gasteiger partial charge in [0.05, 0.1) is 0 Å². The van der Waals surface area contributed by atoms with Gasteiger partial charge in [0.1, 0.15) is 0 Å². The number of hydrogen-bond acceptors (Lipinski definition) is 0. The van der Waals surface area contributed by atoms with Gasteiger partial charge in [-0.25, -0.2) is 0 Å². The van der Waals surface area contributed by atoms with Gasteiger partial charge in [-0.2, -0.15) is 0 Å². The van der Waals surface area contributed by atoms with Crippen LogP contribution in [0, 0.1) is 5.92 Å². The van der Waals surface area contributed by atoms with E-state index in [4.69, 9.17) is 0 Å². The van der Waals surface area contributed by atoms with Crippen molar-refractivity contribution in [2.24, 2.45) is 5.92 Å². The van der Waals surface area contributed by atoms with E-state index >= 15 is 0 Å². The molecule has 134 valence electrons. The van der Waals surface area contributed by atoms with Crippen molar-refractivity contribution in [3.05, 3.63) is 59.2 Å². The van der Waals surface area contributed by atoms with Gasteiger partial charge in [0.25, 0.3) is 0 Å². The predicted molar refractivity (Wildman–Crippen MR) is 109 cm³/mol. The Morgan fingerprint density at radius 2 is 1.67 bits per heavy atom. The van der Waals surface area contributed by atoms with Crippen LogP contribution in [-0.2, 0) is 6.42 Å².